The highest BCUT2D eigenvalue weighted by molar-refractivity contribution is 5.95. The monoisotopic (exact) mass is 400 g/mol. The zero-order chi connectivity index (χ0) is 20.9. The van der Waals surface area contributed by atoms with E-state index in [-0.39, 0.29) is 18.2 Å². The van der Waals surface area contributed by atoms with Gasteiger partial charge in [0.05, 0.1) is 0 Å². The summed E-state index contributed by atoms with van der Waals surface area (Å²) < 4.78 is 5.34. The van der Waals surface area contributed by atoms with Crippen molar-refractivity contribution in [1.29, 1.82) is 0 Å². The predicted molar refractivity (Wildman–Crippen MR) is 115 cm³/mol. The summed E-state index contributed by atoms with van der Waals surface area (Å²) in [5, 5.41) is 11.7. The number of hydrogen-bond acceptors (Lipinski definition) is 5. The number of rotatable bonds is 6. The fourth-order valence-electron chi connectivity index (χ4n) is 3.21. The molecule has 0 unspecified atom stereocenters. The first-order chi connectivity index (χ1) is 14.6. The number of nitrogens with zero attached hydrogens (tertiary/aromatic N) is 2. The highest BCUT2D eigenvalue weighted by Crippen LogP contribution is 2.26. The van der Waals surface area contributed by atoms with Crippen LogP contribution in [0.1, 0.15) is 19.2 Å². The molecule has 150 valence electrons. The van der Waals surface area contributed by atoms with Crippen molar-refractivity contribution in [3.63, 3.8) is 0 Å². The fourth-order valence-corrected chi connectivity index (χ4v) is 3.21. The maximum atomic E-state index is 12.3. The third-order valence-electron chi connectivity index (χ3n) is 4.53. The van der Waals surface area contributed by atoms with Crippen LogP contribution in [0.3, 0.4) is 0 Å². The predicted octanol–water partition coefficient (Wildman–Crippen LogP) is 4.42. The molecule has 3 aromatic carbocycles. The molecule has 4 aromatic rings. The molecule has 1 heterocycles. The average Bonchev–Trinajstić information content (AvgIpc) is 3.20. The molecule has 0 spiro atoms. The van der Waals surface area contributed by atoms with E-state index in [1.165, 1.54) is 6.92 Å². The molecule has 0 saturated heterocycles. The molecule has 0 radical (unpaired) electrons. The number of benzene rings is 3. The molecule has 0 aliphatic carbocycles. The molecule has 4 rings (SSSR count). The lowest BCUT2D eigenvalue weighted by atomic mass is 10.0. The van der Waals surface area contributed by atoms with Crippen LogP contribution in [0, 0.1) is 0 Å². The number of anilines is 2. The van der Waals surface area contributed by atoms with Crippen LogP contribution >= 0.6 is 0 Å². The second-order valence-electron chi connectivity index (χ2n) is 6.85. The number of carbonyl (C=O) groups excluding carboxylic acids is 2. The molecule has 0 atom stereocenters. The molecule has 0 bridgehead atoms. The lowest BCUT2D eigenvalue weighted by Gasteiger charge is -2.07. The molecule has 7 heteroatoms. The highest BCUT2D eigenvalue weighted by Gasteiger charge is 2.13. The van der Waals surface area contributed by atoms with Gasteiger partial charge in [-0.05, 0) is 29.0 Å². The van der Waals surface area contributed by atoms with E-state index in [0.29, 0.717) is 29.5 Å². The Balaban J connectivity index is 1.40. The summed E-state index contributed by atoms with van der Waals surface area (Å²) in [6.45, 7) is 1.43. The molecule has 30 heavy (non-hydrogen) atoms. The summed E-state index contributed by atoms with van der Waals surface area (Å²) in [6, 6.07) is 20.9. The molecule has 2 amide bonds. The lowest BCUT2D eigenvalue weighted by molar-refractivity contribution is -0.116. The van der Waals surface area contributed by atoms with Crippen molar-refractivity contribution in [1.82, 2.24) is 10.1 Å². The molecule has 0 fully saturated rings. The van der Waals surface area contributed by atoms with Crippen LogP contribution in [0.2, 0.25) is 0 Å². The van der Waals surface area contributed by atoms with Crippen molar-refractivity contribution in [2.24, 2.45) is 0 Å². The third-order valence-corrected chi connectivity index (χ3v) is 4.53. The van der Waals surface area contributed by atoms with Gasteiger partial charge in [0.1, 0.15) is 0 Å². The number of carbonyl (C=O) groups is 2. The van der Waals surface area contributed by atoms with Gasteiger partial charge in [0.15, 0.2) is 0 Å². The lowest BCUT2D eigenvalue weighted by Crippen LogP contribution is -2.13. The second-order valence-corrected chi connectivity index (χ2v) is 6.85. The summed E-state index contributed by atoms with van der Waals surface area (Å²) in [5.74, 6) is 0.557. The van der Waals surface area contributed by atoms with Crippen LogP contribution in [0.4, 0.5) is 11.4 Å². The standard InChI is InChI=1S/C23H20N4O3/c1-15(28)24-17-8-5-9-18(14-17)25-21(29)12-13-22-26-23(27-30-22)20-11-4-7-16-6-2-3-10-19(16)20/h2-11,14H,12-13H2,1H3,(H,24,28)(H,25,29). The Morgan fingerprint density at radius 2 is 1.67 bits per heavy atom. The van der Waals surface area contributed by atoms with Crippen molar-refractivity contribution >= 4 is 34.0 Å². The van der Waals surface area contributed by atoms with Gasteiger partial charge in [-0.25, -0.2) is 0 Å². The van der Waals surface area contributed by atoms with Crippen molar-refractivity contribution in [2.75, 3.05) is 10.6 Å². The van der Waals surface area contributed by atoms with Crippen molar-refractivity contribution in [3.05, 3.63) is 72.6 Å². The Morgan fingerprint density at radius 3 is 2.50 bits per heavy atom. The Morgan fingerprint density at radius 1 is 0.933 bits per heavy atom. The molecule has 0 saturated carbocycles. The Bertz CT molecular complexity index is 1210. The number of aromatic nitrogens is 2. The molecule has 0 aliphatic heterocycles. The minimum absolute atomic E-state index is 0.170. The topological polar surface area (TPSA) is 97.1 Å². The van der Waals surface area contributed by atoms with E-state index in [1.54, 1.807) is 24.3 Å². The van der Waals surface area contributed by atoms with Crippen LogP contribution in [-0.4, -0.2) is 22.0 Å². The van der Waals surface area contributed by atoms with Crippen LogP contribution in [0.25, 0.3) is 22.2 Å². The zero-order valence-electron chi connectivity index (χ0n) is 16.4. The number of hydrogen-bond donors (Lipinski definition) is 2. The molecule has 1 aromatic heterocycles. The van der Waals surface area contributed by atoms with Gasteiger partial charge in [-0.2, -0.15) is 4.98 Å². The summed E-state index contributed by atoms with van der Waals surface area (Å²) >= 11 is 0. The number of nitrogens with one attached hydrogen (secondary N) is 2. The van der Waals surface area contributed by atoms with Gasteiger partial charge in [-0.1, -0.05) is 53.7 Å². The molecule has 2 N–H and O–H groups in total. The van der Waals surface area contributed by atoms with Crippen LogP contribution in [0.15, 0.2) is 71.3 Å². The minimum atomic E-state index is -0.181. The Kier molecular flexibility index (Phi) is 5.52. The van der Waals surface area contributed by atoms with E-state index in [1.807, 2.05) is 42.5 Å². The highest BCUT2D eigenvalue weighted by atomic mass is 16.5. The maximum Gasteiger partial charge on any atom is 0.227 e. The van der Waals surface area contributed by atoms with E-state index in [0.717, 1.165) is 16.3 Å². The van der Waals surface area contributed by atoms with E-state index < -0.39 is 0 Å². The van der Waals surface area contributed by atoms with Crippen LogP contribution in [0.5, 0.6) is 0 Å². The molecule has 7 nitrogen and oxygen atoms in total. The third kappa shape index (κ3) is 4.52. The van der Waals surface area contributed by atoms with Crippen molar-refractivity contribution < 1.29 is 14.1 Å². The number of fused-ring (bicyclic) bond motifs is 1. The van der Waals surface area contributed by atoms with Gasteiger partial charge >= 0.3 is 0 Å². The average molecular weight is 400 g/mol. The van der Waals surface area contributed by atoms with Gasteiger partial charge in [-0.3, -0.25) is 9.59 Å². The van der Waals surface area contributed by atoms with Gasteiger partial charge in [0.25, 0.3) is 0 Å². The van der Waals surface area contributed by atoms with E-state index in [9.17, 15) is 9.59 Å². The fraction of sp³-hybridized carbons (Fsp3) is 0.130. The van der Waals surface area contributed by atoms with Gasteiger partial charge < -0.3 is 15.2 Å². The largest absolute Gasteiger partial charge is 0.339 e. The molecular formula is C23H20N4O3. The van der Waals surface area contributed by atoms with E-state index >= 15 is 0 Å². The van der Waals surface area contributed by atoms with Crippen molar-refractivity contribution in [2.45, 2.75) is 19.8 Å². The summed E-state index contributed by atoms with van der Waals surface area (Å²) in [7, 11) is 0. The first kappa shape index (κ1) is 19.3. The Hall–Kier alpha value is -4.00. The van der Waals surface area contributed by atoms with Crippen molar-refractivity contribution in [3.8, 4) is 11.4 Å². The summed E-state index contributed by atoms with van der Waals surface area (Å²) in [5.41, 5.74) is 2.12. The van der Waals surface area contributed by atoms with Crippen LogP contribution < -0.4 is 10.6 Å². The van der Waals surface area contributed by atoms with Crippen LogP contribution in [-0.2, 0) is 16.0 Å². The molecule has 0 aliphatic rings. The van der Waals surface area contributed by atoms with E-state index in [2.05, 4.69) is 20.8 Å². The Labute approximate surface area is 173 Å². The zero-order valence-corrected chi connectivity index (χ0v) is 16.4. The normalized spacial score (nSPS) is 10.7. The summed E-state index contributed by atoms with van der Waals surface area (Å²) in [6.07, 6.45) is 0.524. The number of aryl methyl sites for hydroxylation is 1. The van der Waals surface area contributed by atoms with E-state index in [4.69, 9.17) is 4.52 Å². The molecular weight excluding hydrogens is 380 g/mol. The minimum Gasteiger partial charge on any atom is -0.339 e. The van der Waals surface area contributed by atoms with Gasteiger partial charge in [0.2, 0.25) is 23.5 Å². The second kappa shape index (κ2) is 8.57. The quantitative estimate of drug-likeness (QED) is 0.499. The SMILES string of the molecule is CC(=O)Nc1cccc(NC(=O)CCc2nc(-c3cccc4ccccc34)no2)c1. The first-order valence-corrected chi connectivity index (χ1v) is 9.57. The smallest absolute Gasteiger partial charge is 0.227 e. The number of amides is 2. The first-order valence-electron chi connectivity index (χ1n) is 9.57. The van der Waals surface area contributed by atoms with Gasteiger partial charge in [-0.15, -0.1) is 0 Å². The summed E-state index contributed by atoms with van der Waals surface area (Å²) in [4.78, 5) is 27.9. The van der Waals surface area contributed by atoms with Gasteiger partial charge in [0, 0.05) is 36.7 Å². The maximum absolute atomic E-state index is 12.3.